The van der Waals surface area contributed by atoms with E-state index in [1.54, 1.807) is 13.2 Å². The van der Waals surface area contributed by atoms with Crippen molar-refractivity contribution in [3.8, 4) is 0 Å². The van der Waals surface area contributed by atoms with E-state index in [1.165, 1.54) is 6.33 Å². The second-order valence-electron chi connectivity index (χ2n) is 3.96. The lowest BCUT2D eigenvalue weighted by atomic mass is 10.2. The lowest BCUT2D eigenvalue weighted by molar-refractivity contribution is 0.0954. The molecule has 7 heteroatoms. The van der Waals surface area contributed by atoms with Crippen molar-refractivity contribution in [1.29, 1.82) is 0 Å². The zero-order chi connectivity index (χ0) is 13.7. The first-order valence-electron chi connectivity index (χ1n) is 5.89. The number of hydrogen-bond donors (Lipinski definition) is 2. The number of hydrogen-bond acceptors (Lipinski definition) is 6. The van der Waals surface area contributed by atoms with Gasteiger partial charge in [0.05, 0.1) is 11.3 Å². The average Bonchev–Trinajstić information content (AvgIpc) is 2.91. The monoisotopic (exact) mass is 261 g/mol. The molecule has 0 aromatic carbocycles. The van der Waals surface area contributed by atoms with Gasteiger partial charge in [-0.2, -0.15) is 4.98 Å². The standard InChI is InChI=1S/C12H15N5O2/c1-8-5-10(13-2)9(6-15-8)12(18)14-4-3-11-16-7-17-19-11/h5-7H,3-4H2,1-2H3,(H,13,15)(H,14,18). The molecule has 19 heavy (non-hydrogen) atoms. The van der Waals surface area contributed by atoms with Gasteiger partial charge in [0.25, 0.3) is 5.91 Å². The molecule has 0 atom stereocenters. The molecular weight excluding hydrogens is 246 g/mol. The molecular formula is C12H15N5O2. The number of amides is 1. The van der Waals surface area contributed by atoms with Gasteiger partial charge in [-0.15, -0.1) is 0 Å². The lowest BCUT2D eigenvalue weighted by Gasteiger charge is -2.09. The summed E-state index contributed by atoms with van der Waals surface area (Å²) in [5.74, 6) is 0.313. The first kappa shape index (κ1) is 13.0. The fourth-order valence-electron chi connectivity index (χ4n) is 1.63. The Bertz CT molecular complexity index is 553. The van der Waals surface area contributed by atoms with Gasteiger partial charge in [-0.05, 0) is 13.0 Å². The Kier molecular flexibility index (Phi) is 4.07. The molecule has 0 saturated carbocycles. The summed E-state index contributed by atoms with van der Waals surface area (Å²) in [7, 11) is 1.77. The highest BCUT2D eigenvalue weighted by Crippen LogP contribution is 2.14. The van der Waals surface area contributed by atoms with E-state index in [9.17, 15) is 4.79 Å². The third-order valence-corrected chi connectivity index (χ3v) is 2.59. The van der Waals surface area contributed by atoms with Crippen LogP contribution in [0.4, 0.5) is 5.69 Å². The Morgan fingerprint density at radius 2 is 2.26 bits per heavy atom. The first-order chi connectivity index (χ1) is 9.20. The number of carbonyl (C=O) groups is 1. The topological polar surface area (TPSA) is 92.9 Å². The van der Waals surface area contributed by atoms with Gasteiger partial charge in [0, 0.05) is 31.9 Å². The fraction of sp³-hybridized carbons (Fsp3) is 0.333. The maximum Gasteiger partial charge on any atom is 0.254 e. The number of nitrogens with zero attached hydrogens (tertiary/aromatic N) is 3. The zero-order valence-corrected chi connectivity index (χ0v) is 10.8. The van der Waals surface area contributed by atoms with Gasteiger partial charge in [-0.1, -0.05) is 5.16 Å². The Morgan fingerprint density at radius 1 is 1.42 bits per heavy atom. The van der Waals surface area contributed by atoms with Crippen molar-refractivity contribution in [3.63, 3.8) is 0 Å². The highest BCUT2D eigenvalue weighted by Gasteiger charge is 2.11. The van der Waals surface area contributed by atoms with Gasteiger partial charge >= 0.3 is 0 Å². The Morgan fingerprint density at radius 3 is 2.95 bits per heavy atom. The SMILES string of the molecule is CNc1cc(C)ncc1C(=O)NCCc1ncno1. The first-order valence-corrected chi connectivity index (χ1v) is 5.89. The normalized spacial score (nSPS) is 10.2. The quantitative estimate of drug-likeness (QED) is 0.826. The predicted molar refractivity (Wildman–Crippen MR) is 68.9 cm³/mol. The smallest absolute Gasteiger partial charge is 0.254 e. The minimum absolute atomic E-state index is 0.184. The Balaban J connectivity index is 1.96. The average molecular weight is 261 g/mol. The minimum atomic E-state index is -0.184. The highest BCUT2D eigenvalue weighted by molar-refractivity contribution is 5.99. The number of pyridine rings is 1. The van der Waals surface area contributed by atoms with E-state index in [4.69, 9.17) is 4.52 Å². The fourth-order valence-corrected chi connectivity index (χ4v) is 1.63. The molecule has 2 heterocycles. The summed E-state index contributed by atoms with van der Waals surface area (Å²) in [6, 6.07) is 1.83. The van der Waals surface area contributed by atoms with Crippen LogP contribution in [-0.2, 0) is 6.42 Å². The predicted octanol–water partition coefficient (Wildman–Crippen LogP) is 0.787. The van der Waals surface area contributed by atoms with Crippen LogP contribution in [-0.4, -0.2) is 34.6 Å². The molecule has 7 nitrogen and oxygen atoms in total. The molecule has 2 N–H and O–H groups in total. The molecule has 0 radical (unpaired) electrons. The summed E-state index contributed by atoms with van der Waals surface area (Å²) < 4.78 is 4.84. The van der Waals surface area contributed by atoms with Gasteiger partial charge in [0.2, 0.25) is 5.89 Å². The van der Waals surface area contributed by atoms with Crippen molar-refractivity contribution in [2.75, 3.05) is 18.9 Å². The van der Waals surface area contributed by atoms with Crippen LogP contribution in [0.5, 0.6) is 0 Å². The lowest BCUT2D eigenvalue weighted by Crippen LogP contribution is -2.26. The molecule has 2 aromatic heterocycles. The van der Waals surface area contributed by atoms with Crippen LogP contribution in [0, 0.1) is 6.92 Å². The van der Waals surface area contributed by atoms with Crippen LogP contribution in [0.3, 0.4) is 0 Å². The van der Waals surface area contributed by atoms with Crippen molar-refractivity contribution >= 4 is 11.6 Å². The second-order valence-corrected chi connectivity index (χ2v) is 3.96. The minimum Gasteiger partial charge on any atom is -0.387 e. The van der Waals surface area contributed by atoms with Crippen LogP contribution >= 0.6 is 0 Å². The van der Waals surface area contributed by atoms with Crippen LogP contribution in [0.15, 0.2) is 23.1 Å². The molecule has 0 bridgehead atoms. The Hall–Kier alpha value is -2.44. The molecule has 2 aromatic rings. The third-order valence-electron chi connectivity index (χ3n) is 2.59. The summed E-state index contributed by atoms with van der Waals surface area (Å²) in [6.07, 6.45) is 3.39. The summed E-state index contributed by atoms with van der Waals surface area (Å²) in [5, 5.41) is 9.26. The molecule has 100 valence electrons. The maximum absolute atomic E-state index is 12.0. The molecule has 0 spiro atoms. The van der Waals surface area contributed by atoms with E-state index in [2.05, 4.69) is 25.8 Å². The summed E-state index contributed by atoms with van der Waals surface area (Å²) in [4.78, 5) is 20.0. The molecule has 0 aliphatic rings. The third kappa shape index (κ3) is 3.27. The van der Waals surface area contributed by atoms with Gasteiger partial charge in [0.15, 0.2) is 6.33 Å². The van der Waals surface area contributed by atoms with Gasteiger partial charge in [-0.25, -0.2) is 0 Å². The molecule has 1 amide bonds. The number of aromatic nitrogens is 3. The van der Waals surface area contributed by atoms with Crippen LogP contribution in [0.1, 0.15) is 21.9 Å². The van der Waals surface area contributed by atoms with Gasteiger partial charge < -0.3 is 15.2 Å². The molecule has 0 aliphatic carbocycles. The number of anilines is 1. The zero-order valence-electron chi connectivity index (χ0n) is 10.8. The molecule has 2 rings (SSSR count). The summed E-state index contributed by atoms with van der Waals surface area (Å²) >= 11 is 0. The molecule has 0 saturated heterocycles. The van der Waals surface area contributed by atoms with Crippen molar-refractivity contribution in [2.24, 2.45) is 0 Å². The summed E-state index contributed by atoms with van der Waals surface area (Å²) in [6.45, 7) is 2.30. The number of aryl methyl sites for hydroxylation is 1. The van der Waals surface area contributed by atoms with Gasteiger partial charge in [-0.3, -0.25) is 9.78 Å². The van der Waals surface area contributed by atoms with Crippen LogP contribution in [0.25, 0.3) is 0 Å². The maximum atomic E-state index is 12.0. The second kappa shape index (κ2) is 5.94. The van der Waals surface area contributed by atoms with E-state index in [0.717, 1.165) is 11.4 Å². The molecule has 0 fully saturated rings. The highest BCUT2D eigenvalue weighted by atomic mass is 16.5. The van der Waals surface area contributed by atoms with E-state index < -0.39 is 0 Å². The van der Waals surface area contributed by atoms with Crippen molar-refractivity contribution in [2.45, 2.75) is 13.3 Å². The molecule has 0 unspecified atom stereocenters. The summed E-state index contributed by atoms with van der Waals surface area (Å²) in [5.41, 5.74) is 2.12. The van der Waals surface area contributed by atoms with Crippen molar-refractivity contribution in [1.82, 2.24) is 20.4 Å². The largest absolute Gasteiger partial charge is 0.387 e. The van der Waals surface area contributed by atoms with E-state index >= 15 is 0 Å². The van der Waals surface area contributed by atoms with E-state index in [1.807, 2.05) is 13.0 Å². The number of carbonyl (C=O) groups excluding carboxylic acids is 1. The van der Waals surface area contributed by atoms with Crippen LogP contribution < -0.4 is 10.6 Å². The number of nitrogens with one attached hydrogen (secondary N) is 2. The van der Waals surface area contributed by atoms with Gasteiger partial charge in [0.1, 0.15) is 0 Å². The Labute approximate surface area is 110 Å². The van der Waals surface area contributed by atoms with E-state index in [0.29, 0.717) is 24.4 Å². The van der Waals surface area contributed by atoms with Crippen LogP contribution in [0.2, 0.25) is 0 Å². The number of rotatable bonds is 5. The molecule has 0 aliphatic heterocycles. The van der Waals surface area contributed by atoms with E-state index in [-0.39, 0.29) is 5.91 Å². The van der Waals surface area contributed by atoms with Crippen molar-refractivity contribution in [3.05, 3.63) is 35.7 Å². The van der Waals surface area contributed by atoms with Crippen molar-refractivity contribution < 1.29 is 9.32 Å².